The summed E-state index contributed by atoms with van der Waals surface area (Å²) < 4.78 is 11.5. The third-order valence-corrected chi connectivity index (χ3v) is 16.1. The summed E-state index contributed by atoms with van der Waals surface area (Å²) in [6.07, 6.45) is 45.2. The maximum absolute atomic E-state index is 12.7. The largest absolute Gasteiger partial charge is 0.466 e. The first-order valence-corrected chi connectivity index (χ1v) is 26.8. The van der Waals surface area contributed by atoms with Crippen molar-refractivity contribution >= 4 is 17.7 Å². The minimum absolute atomic E-state index is 0.0237. The molecule has 62 heavy (non-hydrogen) atoms. The zero-order valence-corrected chi connectivity index (χ0v) is 40.8. The van der Waals surface area contributed by atoms with Crippen molar-refractivity contribution in [3.05, 3.63) is 47.5 Å². The highest BCUT2D eigenvalue weighted by Crippen LogP contribution is 2.65. The molecule has 1 aromatic carbocycles. The Hall–Kier alpha value is -2.43. The van der Waals surface area contributed by atoms with Gasteiger partial charge < -0.3 is 9.47 Å². The molecule has 0 saturated heterocycles. The molecule has 3 saturated carbocycles. The smallest absolute Gasteiger partial charge is 0.310 e. The van der Waals surface area contributed by atoms with Gasteiger partial charge in [0.25, 0.3) is 0 Å². The standard InChI is InChI=1S/C30H60O2.C27H34O3/c1-3-5-7-9-11-13-15-16-17-19-21-23-25-27-29-32-30(31)28-26-24-22-20-18-14-12-10-8-6-4-2;1-26-14-12-20(28)17-19(26)8-9-21-22-10-11-24(27(22,2)15-13-23(21)26)30-25(29)16-18-6-4-3-5-7-18/h3-29H2,1-2H3;3-7,17,21-24H,8-16H2,1-2H3/t;21-,22-,23-,24-,26-,27-/m.0/s1. The molecule has 0 aliphatic heterocycles. The predicted octanol–water partition coefficient (Wildman–Crippen LogP) is 16.4. The number of fused-ring (bicyclic) bond motifs is 5. The quantitative estimate of drug-likeness (QED) is 0.0569. The molecule has 5 nitrogen and oxygen atoms in total. The van der Waals surface area contributed by atoms with Crippen molar-refractivity contribution < 1.29 is 23.9 Å². The molecule has 0 amide bonds. The van der Waals surface area contributed by atoms with Crippen LogP contribution in [-0.2, 0) is 30.3 Å². The van der Waals surface area contributed by atoms with E-state index in [-0.39, 0.29) is 28.9 Å². The molecule has 0 aromatic heterocycles. The van der Waals surface area contributed by atoms with E-state index in [1.54, 1.807) is 0 Å². The number of carbonyl (C=O) groups excluding carboxylic acids is 3. The van der Waals surface area contributed by atoms with Crippen LogP contribution >= 0.6 is 0 Å². The van der Waals surface area contributed by atoms with Crippen molar-refractivity contribution in [1.82, 2.24) is 0 Å². The summed E-state index contributed by atoms with van der Waals surface area (Å²) in [5.41, 5.74) is 2.76. The Balaban J connectivity index is 0.000000272. The molecule has 0 spiro atoms. The van der Waals surface area contributed by atoms with Gasteiger partial charge in [-0.25, -0.2) is 0 Å². The number of hydrogen-bond acceptors (Lipinski definition) is 5. The minimum atomic E-state index is -0.0817. The van der Waals surface area contributed by atoms with Crippen LogP contribution in [0.25, 0.3) is 0 Å². The third-order valence-electron chi connectivity index (χ3n) is 16.1. The molecule has 0 N–H and O–H groups in total. The molecule has 4 aliphatic carbocycles. The molecular formula is C57H94O5. The van der Waals surface area contributed by atoms with E-state index in [1.165, 1.54) is 173 Å². The van der Waals surface area contributed by atoms with Crippen molar-refractivity contribution in [2.75, 3.05) is 6.61 Å². The molecule has 0 unspecified atom stereocenters. The second-order valence-electron chi connectivity index (χ2n) is 20.8. The second-order valence-corrected chi connectivity index (χ2v) is 20.8. The van der Waals surface area contributed by atoms with Gasteiger partial charge in [0.2, 0.25) is 0 Å². The summed E-state index contributed by atoms with van der Waals surface area (Å²) in [5, 5.41) is 0. The normalized spacial score (nSPS) is 25.2. The van der Waals surface area contributed by atoms with Crippen molar-refractivity contribution in [3.63, 3.8) is 0 Å². The first-order chi connectivity index (χ1) is 30.2. The SMILES string of the molecule is CCCCCCCCCCCCCCCCOC(=O)CCCCCCCCCCCCC.C[C@]12CC[C@H]3[C@@H](CCC4=CC(=O)CC[C@@]43C)[C@@H]1CC[C@@H]2OC(=O)Cc1ccccc1. The van der Waals surface area contributed by atoms with Gasteiger partial charge in [-0.3, -0.25) is 14.4 Å². The van der Waals surface area contributed by atoms with Gasteiger partial charge >= 0.3 is 11.9 Å². The Kier molecular flexibility index (Phi) is 25.2. The Morgan fingerprint density at radius 3 is 1.68 bits per heavy atom. The molecule has 1 aromatic rings. The highest BCUT2D eigenvalue weighted by molar-refractivity contribution is 5.91. The summed E-state index contributed by atoms with van der Waals surface area (Å²) in [4.78, 5) is 36.5. The average molecular weight is 859 g/mol. The molecule has 4 aliphatic rings. The molecule has 352 valence electrons. The first kappa shape index (κ1) is 52.2. The Morgan fingerprint density at radius 1 is 0.581 bits per heavy atom. The van der Waals surface area contributed by atoms with Crippen molar-refractivity contribution in [2.45, 2.75) is 259 Å². The van der Waals surface area contributed by atoms with Crippen LogP contribution in [0.5, 0.6) is 0 Å². The lowest BCUT2D eigenvalue weighted by atomic mass is 9.47. The van der Waals surface area contributed by atoms with Crippen LogP contribution in [-0.4, -0.2) is 30.4 Å². The third kappa shape index (κ3) is 17.9. The Bertz CT molecular complexity index is 1420. The zero-order chi connectivity index (χ0) is 44.3. The number of ketones is 1. The highest BCUT2D eigenvalue weighted by Gasteiger charge is 2.60. The van der Waals surface area contributed by atoms with Gasteiger partial charge in [-0.2, -0.15) is 0 Å². The van der Waals surface area contributed by atoms with Crippen molar-refractivity contribution in [3.8, 4) is 0 Å². The Labute approximate surface area is 381 Å². The van der Waals surface area contributed by atoms with E-state index in [1.807, 2.05) is 36.4 Å². The fourth-order valence-corrected chi connectivity index (χ4v) is 12.2. The summed E-state index contributed by atoms with van der Waals surface area (Å²) in [7, 11) is 0. The maximum Gasteiger partial charge on any atom is 0.310 e. The molecule has 3 fully saturated rings. The molecule has 0 heterocycles. The molecule has 0 radical (unpaired) electrons. The number of benzene rings is 1. The Morgan fingerprint density at radius 2 is 1.11 bits per heavy atom. The van der Waals surface area contributed by atoms with E-state index in [0.29, 0.717) is 49.4 Å². The van der Waals surface area contributed by atoms with Crippen LogP contribution in [0.2, 0.25) is 0 Å². The number of carbonyl (C=O) groups is 3. The summed E-state index contributed by atoms with van der Waals surface area (Å²) in [6, 6.07) is 9.91. The topological polar surface area (TPSA) is 69.7 Å². The second kappa shape index (κ2) is 29.9. The molecule has 0 bridgehead atoms. The van der Waals surface area contributed by atoms with Gasteiger partial charge in [0, 0.05) is 18.3 Å². The van der Waals surface area contributed by atoms with Crippen LogP contribution in [0.15, 0.2) is 42.0 Å². The van der Waals surface area contributed by atoms with Crippen molar-refractivity contribution in [2.24, 2.45) is 28.6 Å². The molecular weight excluding hydrogens is 765 g/mol. The number of hydrogen-bond donors (Lipinski definition) is 0. The number of rotatable bonds is 30. The highest BCUT2D eigenvalue weighted by atomic mass is 16.5. The minimum Gasteiger partial charge on any atom is -0.466 e. The van der Waals surface area contributed by atoms with Gasteiger partial charge in [-0.05, 0) is 92.6 Å². The van der Waals surface area contributed by atoms with E-state index in [4.69, 9.17) is 9.47 Å². The lowest BCUT2D eigenvalue weighted by molar-refractivity contribution is -0.159. The zero-order valence-electron chi connectivity index (χ0n) is 40.8. The fraction of sp³-hybridized carbons (Fsp3) is 0.807. The van der Waals surface area contributed by atoms with Gasteiger partial charge in [-0.15, -0.1) is 0 Å². The molecule has 6 atom stereocenters. The van der Waals surface area contributed by atoms with Gasteiger partial charge in [0.15, 0.2) is 5.78 Å². The lowest BCUT2D eigenvalue weighted by Gasteiger charge is -2.57. The summed E-state index contributed by atoms with van der Waals surface area (Å²) >= 11 is 0. The predicted molar refractivity (Wildman–Crippen MR) is 259 cm³/mol. The van der Waals surface area contributed by atoms with E-state index < -0.39 is 0 Å². The van der Waals surface area contributed by atoms with Gasteiger partial charge in [0.05, 0.1) is 13.0 Å². The maximum atomic E-state index is 12.7. The lowest BCUT2D eigenvalue weighted by Crippen LogP contribution is -2.51. The van der Waals surface area contributed by atoms with Crippen LogP contribution in [0.4, 0.5) is 0 Å². The summed E-state index contributed by atoms with van der Waals surface area (Å²) in [5.74, 6) is 2.30. The van der Waals surface area contributed by atoms with Crippen LogP contribution in [0.1, 0.15) is 252 Å². The van der Waals surface area contributed by atoms with E-state index in [0.717, 1.165) is 44.1 Å². The number of unbranched alkanes of at least 4 members (excludes halogenated alkanes) is 23. The molecule has 5 rings (SSSR count). The first-order valence-electron chi connectivity index (χ1n) is 26.8. The van der Waals surface area contributed by atoms with E-state index >= 15 is 0 Å². The summed E-state index contributed by atoms with van der Waals surface area (Å²) in [6.45, 7) is 10.0. The average Bonchev–Trinajstić information content (AvgIpc) is 3.60. The van der Waals surface area contributed by atoms with Crippen LogP contribution in [0.3, 0.4) is 0 Å². The number of allylic oxidation sites excluding steroid dienone is 1. The number of esters is 2. The van der Waals surface area contributed by atoms with Gasteiger partial charge in [0.1, 0.15) is 6.10 Å². The monoisotopic (exact) mass is 859 g/mol. The van der Waals surface area contributed by atoms with Gasteiger partial charge in [-0.1, -0.05) is 211 Å². The van der Waals surface area contributed by atoms with Crippen molar-refractivity contribution in [1.29, 1.82) is 0 Å². The van der Waals surface area contributed by atoms with E-state index in [2.05, 4.69) is 27.7 Å². The van der Waals surface area contributed by atoms with E-state index in [9.17, 15) is 14.4 Å². The molecule has 5 heteroatoms. The van der Waals surface area contributed by atoms with Crippen LogP contribution in [0, 0.1) is 28.6 Å². The number of ether oxygens (including phenoxy) is 2. The fourth-order valence-electron chi connectivity index (χ4n) is 12.2. The van der Waals surface area contributed by atoms with Crippen LogP contribution < -0.4 is 0 Å².